The Morgan fingerprint density at radius 2 is 1.86 bits per heavy atom. The number of hydrogen-bond donors (Lipinski definition) is 1. The molecule has 0 fully saturated rings. The van der Waals surface area contributed by atoms with Gasteiger partial charge in [-0.1, -0.05) is 31.1 Å². The molecule has 0 aliphatic rings. The van der Waals surface area contributed by atoms with Crippen LogP contribution < -0.4 is 10.1 Å². The fraction of sp³-hybridized carbons (Fsp3) is 0.409. The standard InChI is InChI=1S/C22H29N5O2/c1-14(2)13-27-19(12-24-29-6)26-20-21(27)15(3)16(4)25-22(20)23-11-17-7-9-18(28-5)10-8-17/h7-10,12,14H,11,13H2,1-6H3,(H,23,25). The predicted octanol–water partition coefficient (Wildman–Crippen LogP) is 4.31. The second kappa shape index (κ2) is 8.94. The molecule has 0 saturated carbocycles. The zero-order chi connectivity index (χ0) is 21.0. The van der Waals surface area contributed by atoms with E-state index in [0.717, 1.165) is 51.8 Å². The summed E-state index contributed by atoms with van der Waals surface area (Å²) in [7, 11) is 3.20. The summed E-state index contributed by atoms with van der Waals surface area (Å²) in [5.41, 5.74) is 5.18. The lowest BCUT2D eigenvalue weighted by Gasteiger charge is -2.14. The van der Waals surface area contributed by atoms with E-state index in [1.165, 1.54) is 7.11 Å². The van der Waals surface area contributed by atoms with Crippen molar-refractivity contribution in [3.05, 3.63) is 46.9 Å². The quantitative estimate of drug-likeness (QED) is 0.455. The summed E-state index contributed by atoms with van der Waals surface area (Å²) in [5, 5.41) is 7.39. The van der Waals surface area contributed by atoms with Gasteiger partial charge in [-0.2, -0.15) is 0 Å². The summed E-state index contributed by atoms with van der Waals surface area (Å²) in [5.74, 6) is 2.84. The maximum atomic E-state index is 5.23. The summed E-state index contributed by atoms with van der Waals surface area (Å²) < 4.78 is 7.43. The molecule has 7 heteroatoms. The predicted molar refractivity (Wildman–Crippen MR) is 117 cm³/mol. The number of ether oxygens (including phenoxy) is 1. The number of aryl methyl sites for hydroxylation is 2. The number of fused-ring (bicyclic) bond motifs is 1. The summed E-state index contributed by atoms with van der Waals surface area (Å²) in [6.07, 6.45) is 1.66. The minimum atomic E-state index is 0.464. The monoisotopic (exact) mass is 395 g/mol. The summed E-state index contributed by atoms with van der Waals surface area (Å²) >= 11 is 0. The number of nitrogens with zero attached hydrogens (tertiary/aromatic N) is 4. The van der Waals surface area contributed by atoms with E-state index in [2.05, 4.69) is 35.8 Å². The van der Waals surface area contributed by atoms with Crippen LogP contribution in [0.25, 0.3) is 11.0 Å². The van der Waals surface area contributed by atoms with Gasteiger partial charge < -0.3 is 19.5 Å². The molecule has 1 aromatic carbocycles. The minimum Gasteiger partial charge on any atom is -0.497 e. The SMILES string of the molecule is CON=Cc1nc2c(NCc3ccc(OC)cc3)nc(C)c(C)c2n1CC(C)C. The smallest absolute Gasteiger partial charge is 0.155 e. The fourth-order valence-corrected chi connectivity index (χ4v) is 3.29. The van der Waals surface area contributed by atoms with Gasteiger partial charge in [0, 0.05) is 18.8 Å². The first-order valence-corrected chi connectivity index (χ1v) is 9.75. The molecule has 0 saturated heterocycles. The van der Waals surface area contributed by atoms with E-state index in [1.54, 1.807) is 13.3 Å². The van der Waals surface area contributed by atoms with Crippen molar-refractivity contribution in [2.45, 2.75) is 40.8 Å². The molecule has 0 amide bonds. The Bertz CT molecular complexity index is 1010. The van der Waals surface area contributed by atoms with Crippen LogP contribution in [0.1, 0.15) is 36.5 Å². The lowest BCUT2D eigenvalue weighted by molar-refractivity contribution is 0.215. The normalized spacial score (nSPS) is 11.6. The second-order valence-electron chi connectivity index (χ2n) is 7.46. The zero-order valence-corrected chi connectivity index (χ0v) is 18.0. The van der Waals surface area contributed by atoms with Crippen molar-refractivity contribution in [1.82, 2.24) is 14.5 Å². The van der Waals surface area contributed by atoms with Gasteiger partial charge in [-0.15, -0.1) is 0 Å². The third-order valence-electron chi connectivity index (χ3n) is 4.84. The molecule has 3 rings (SSSR count). The lowest BCUT2D eigenvalue weighted by atomic mass is 10.1. The highest BCUT2D eigenvalue weighted by Crippen LogP contribution is 2.28. The van der Waals surface area contributed by atoms with E-state index in [4.69, 9.17) is 19.5 Å². The highest BCUT2D eigenvalue weighted by molar-refractivity contribution is 5.93. The van der Waals surface area contributed by atoms with Gasteiger partial charge in [-0.3, -0.25) is 0 Å². The number of nitrogens with one attached hydrogen (secondary N) is 1. The van der Waals surface area contributed by atoms with E-state index in [9.17, 15) is 0 Å². The van der Waals surface area contributed by atoms with Gasteiger partial charge in [-0.25, -0.2) is 9.97 Å². The van der Waals surface area contributed by atoms with Crippen molar-refractivity contribution in [1.29, 1.82) is 0 Å². The first-order chi connectivity index (χ1) is 13.9. The van der Waals surface area contributed by atoms with Crippen LogP contribution in [-0.4, -0.2) is 35.0 Å². The van der Waals surface area contributed by atoms with Crippen LogP contribution in [0.4, 0.5) is 5.82 Å². The van der Waals surface area contributed by atoms with Gasteiger partial charge in [0.05, 0.1) is 12.6 Å². The number of pyridine rings is 1. The molecule has 0 aliphatic heterocycles. The van der Waals surface area contributed by atoms with Gasteiger partial charge in [0.2, 0.25) is 0 Å². The van der Waals surface area contributed by atoms with Crippen molar-refractivity contribution >= 4 is 23.1 Å². The van der Waals surface area contributed by atoms with Crippen molar-refractivity contribution < 1.29 is 9.57 Å². The molecule has 1 N–H and O–H groups in total. The minimum absolute atomic E-state index is 0.464. The third kappa shape index (κ3) is 4.50. The van der Waals surface area contributed by atoms with E-state index >= 15 is 0 Å². The fourth-order valence-electron chi connectivity index (χ4n) is 3.29. The number of methoxy groups -OCH3 is 1. The molecule has 0 aliphatic carbocycles. The average molecular weight is 396 g/mol. The number of anilines is 1. The van der Waals surface area contributed by atoms with Crippen LogP contribution in [0.15, 0.2) is 29.4 Å². The van der Waals surface area contributed by atoms with Gasteiger partial charge in [0.1, 0.15) is 24.6 Å². The summed E-state index contributed by atoms with van der Waals surface area (Å²) in [6.45, 7) is 9.98. The number of hydrogen-bond acceptors (Lipinski definition) is 6. The first-order valence-electron chi connectivity index (χ1n) is 9.75. The van der Waals surface area contributed by atoms with Crippen LogP contribution in [-0.2, 0) is 17.9 Å². The molecule has 2 aromatic heterocycles. The van der Waals surface area contributed by atoms with Crippen LogP contribution in [0, 0.1) is 19.8 Å². The zero-order valence-electron chi connectivity index (χ0n) is 18.0. The highest BCUT2D eigenvalue weighted by Gasteiger charge is 2.18. The molecule has 0 spiro atoms. The molecule has 0 bridgehead atoms. The van der Waals surface area contributed by atoms with Crippen LogP contribution in [0.5, 0.6) is 5.75 Å². The molecule has 3 aromatic rings. The first kappa shape index (κ1) is 20.6. The summed E-state index contributed by atoms with van der Waals surface area (Å²) in [6, 6.07) is 7.99. The Labute approximate surface area is 171 Å². The number of benzene rings is 1. The second-order valence-corrected chi connectivity index (χ2v) is 7.46. The third-order valence-corrected chi connectivity index (χ3v) is 4.84. The maximum absolute atomic E-state index is 5.23. The molecule has 29 heavy (non-hydrogen) atoms. The summed E-state index contributed by atoms with van der Waals surface area (Å²) in [4.78, 5) is 14.5. The Morgan fingerprint density at radius 3 is 2.48 bits per heavy atom. The van der Waals surface area contributed by atoms with Gasteiger partial charge in [0.15, 0.2) is 11.6 Å². The molecule has 0 atom stereocenters. The van der Waals surface area contributed by atoms with Crippen LogP contribution in [0.2, 0.25) is 0 Å². The van der Waals surface area contributed by atoms with Crippen LogP contribution >= 0.6 is 0 Å². The van der Waals surface area contributed by atoms with Crippen molar-refractivity contribution in [3.63, 3.8) is 0 Å². The van der Waals surface area contributed by atoms with Crippen molar-refractivity contribution in [2.75, 3.05) is 19.5 Å². The number of aromatic nitrogens is 3. The molecule has 7 nitrogen and oxygen atoms in total. The van der Waals surface area contributed by atoms with Gasteiger partial charge in [-0.05, 0) is 43.0 Å². The molecular weight excluding hydrogens is 366 g/mol. The van der Waals surface area contributed by atoms with E-state index in [1.807, 2.05) is 31.2 Å². The molecule has 2 heterocycles. The number of rotatable bonds is 8. The van der Waals surface area contributed by atoms with E-state index in [0.29, 0.717) is 12.5 Å². The largest absolute Gasteiger partial charge is 0.497 e. The number of oxime groups is 1. The molecular formula is C22H29N5O2. The van der Waals surface area contributed by atoms with Crippen LogP contribution in [0.3, 0.4) is 0 Å². The topological polar surface area (TPSA) is 73.6 Å². The highest BCUT2D eigenvalue weighted by atomic mass is 16.6. The average Bonchev–Trinajstić information content (AvgIpc) is 3.06. The Kier molecular flexibility index (Phi) is 6.36. The Balaban J connectivity index is 2.03. The maximum Gasteiger partial charge on any atom is 0.155 e. The van der Waals surface area contributed by atoms with E-state index < -0.39 is 0 Å². The van der Waals surface area contributed by atoms with Crippen molar-refractivity contribution in [2.24, 2.45) is 11.1 Å². The lowest BCUT2D eigenvalue weighted by Crippen LogP contribution is -2.10. The van der Waals surface area contributed by atoms with Gasteiger partial charge in [0.25, 0.3) is 0 Å². The molecule has 0 unspecified atom stereocenters. The number of imidazole rings is 1. The Morgan fingerprint density at radius 1 is 1.14 bits per heavy atom. The van der Waals surface area contributed by atoms with E-state index in [-0.39, 0.29) is 0 Å². The Hall–Kier alpha value is -3.09. The van der Waals surface area contributed by atoms with Crippen molar-refractivity contribution in [3.8, 4) is 5.75 Å². The molecule has 154 valence electrons. The molecule has 0 radical (unpaired) electrons. The van der Waals surface area contributed by atoms with Gasteiger partial charge >= 0.3 is 0 Å².